The van der Waals surface area contributed by atoms with Crippen LogP contribution < -0.4 is 10.1 Å². The van der Waals surface area contributed by atoms with E-state index in [9.17, 15) is 14.0 Å². The first kappa shape index (κ1) is 32.9. The SMILES string of the molecule is CCOC(=O)C1C(=O)C=C2N(CNCCC3C=CC=CN3C)C(c3ccc(OCC(C)C)cc3)C(F)=C(Cc3ccccc3F)N21. The van der Waals surface area contributed by atoms with Gasteiger partial charge < -0.3 is 24.2 Å². The minimum Gasteiger partial charge on any atom is -0.493 e. The van der Waals surface area contributed by atoms with E-state index in [2.05, 4.69) is 30.1 Å². The maximum absolute atomic E-state index is 17.2. The maximum Gasteiger partial charge on any atom is 0.337 e. The molecule has 3 aliphatic heterocycles. The zero-order valence-corrected chi connectivity index (χ0v) is 26.8. The summed E-state index contributed by atoms with van der Waals surface area (Å²) < 4.78 is 43.2. The van der Waals surface area contributed by atoms with Gasteiger partial charge in [-0.05, 0) is 67.4 Å². The van der Waals surface area contributed by atoms with Crippen LogP contribution in [0.5, 0.6) is 5.75 Å². The molecular weight excluding hydrogens is 590 g/mol. The predicted octanol–water partition coefficient (Wildman–Crippen LogP) is 5.62. The molecule has 0 fully saturated rings. The molecule has 3 aliphatic rings. The number of carbonyl (C=O) groups is 2. The molecular formula is C36H42F2N4O4. The van der Waals surface area contributed by atoms with Crippen LogP contribution in [-0.4, -0.2) is 72.0 Å². The van der Waals surface area contributed by atoms with Crippen LogP contribution in [0.3, 0.4) is 0 Å². The quantitative estimate of drug-likeness (QED) is 0.173. The van der Waals surface area contributed by atoms with E-state index in [1.165, 1.54) is 17.0 Å². The van der Waals surface area contributed by atoms with Gasteiger partial charge in [0.1, 0.15) is 29.3 Å². The summed E-state index contributed by atoms with van der Waals surface area (Å²) in [5.41, 5.74) is 0.910. The Hall–Kier alpha value is -4.44. The van der Waals surface area contributed by atoms with E-state index >= 15 is 4.39 Å². The fourth-order valence-electron chi connectivity index (χ4n) is 5.91. The molecule has 3 unspecified atom stereocenters. The summed E-state index contributed by atoms with van der Waals surface area (Å²) >= 11 is 0. The maximum atomic E-state index is 17.2. The first-order valence-corrected chi connectivity index (χ1v) is 15.8. The number of benzene rings is 2. The lowest BCUT2D eigenvalue weighted by Gasteiger charge is -2.45. The molecule has 8 nitrogen and oxygen atoms in total. The van der Waals surface area contributed by atoms with Gasteiger partial charge in [0, 0.05) is 25.6 Å². The van der Waals surface area contributed by atoms with E-state index < -0.39 is 35.5 Å². The van der Waals surface area contributed by atoms with Gasteiger partial charge in [-0.3, -0.25) is 10.1 Å². The number of allylic oxidation sites excluding steroid dienone is 3. The number of nitrogens with one attached hydrogen (secondary N) is 1. The van der Waals surface area contributed by atoms with Gasteiger partial charge in [0.25, 0.3) is 0 Å². The second-order valence-corrected chi connectivity index (χ2v) is 12.0. The van der Waals surface area contributed by atoms with Crippen LogP contribution in [-0.2, 0) is 20.7 Å². The van der Waals surface area contributed by atoms with Gasteiger partial charge in [-0.25, -0.2) is 13.6 Å². The molecule has 0 aliphatic carbocycles. The predicted molar refractivity (Wildman–Crippen MR) is 172 cm³/mol. The molecule has 1 N–H and O–H groups in total. The first-order valence-electron chi connectivity index (χ1n) is 15.8. The van der Waals surface area contributed by atoms with Gasteiger partial charge >= 0.3 is 5.97 Å². The first-order chi connectivity index (χ1) is 22.2. The second-order valence-electron chi connectivity index (χ2n) is 12.0. The molecule has 0 spiro atoms. The number of ketones is 1. The molecule has 0 amide bonds. The van der Waals surface area contributed by atoms with Crippen molar-refractivity contribution in [2.24, 2.45) is 5.92 Å². The van der Waals surface area contributed by atoms with Gasteiger partial charge in [0.15, 0.2) is 11.8 Å². The summed E-state index contributed by atoms with van der Waals surface area (Å²) in [7, 11) is 2.01. The molecule has 3 atom stereocenters. The summed E-state index contributed by atoms with van der Waals surface area (Å²) in [6.07, 6.45) is 10.1. The molecule has 0 radical (unpaired) electrons. The summed E-state index contributed by atoms with van der Waals surface area (Å²) in [5, 5.41) is 3.43. The molecule has 46 heavy (non-hydrogen) atoms. The Morgan fingerprint density at radius 1 is 1.07 bits per heavy atom. The lowest BCUT2D eigenvalue weighted by atomic mass is 9.96. The number of fused-ring (bicyclic) bond motifs is 1. The minimum atomic E-state index is -1.41. The van der Waals surface area contributed by atoms with Crippen molar-refractivity contribution in [3.8, 4) is 5.75 Å². The molecule has 0 aromatic heterocycles. The lowest BCUT2D eigenvalue weighted by molar-refractivity contribution is -0.150. The Morgan fingerprint density at radius 3 is 2.52 bits per heavy atom. The Kier molecular flexibility index (Phi) is 10.6. The molecule has 2 aromatic rings. The Labute approximate surface area is 269 Å². The van der Waals surface area contributed by atoms with Crippen molar-refractivity contribution in [3.63, 3.8) is 0 Å². The van der Waals surface area contributed by atoms with Gasteiger partial charge in [0.2, 0.25) is 0 Å². The molecule has 244 valence electrons. The Bertz CT molecular complexity index is 1530. The third-order valence-electron chi connectivity index (χ3n) is 8.25. The Morgan fingerprint density at radius 2 is 1.83 bits per heavy atom. The lowest BCUT2D eigenvalue weighted by Crippen LogP contribution is -2.51. The smallest absolute Gasteiger partial charge is 0.337 e. The van der Waals surface area contributed by atoms with Gasteiger partial charge in [-0.2, -0.15) is 0 Å². The number of esters is 1. The topological polar surface area (TPSA) is 74.4 Å². The van der Waals surface area contributed by atoms with E-state index in [1.54, 1.807) is 54.3 Å². The largest absolute Gasteiger partial charge is 0.493 e. The minimum absolute atomic E-state index is 0.0439. The molecule has 0 saturated carbocycles. The summed E-state index contributed by atoms with van der Waals surface area (Å²) in [4.78, 5) is 31.9. The van der Waals surface area contributed by atoms with Crippen LogP contribution in [0, 0.1) is 11.7 Å². The highest BCUT2D eigenvalue weighted by atomic mass is 19.1. The van der Waals surface area contributed by atoms with E-state index in [0.717, 1.165) is 6.42 Å². The highest BCUT2D eigenvalue weighted by Crippen LogP contribution is 2.45. The number of nitrogens with zero attached hydrogens (tertiary/aromatic N) is 3. The van der Waals surface area contributed by atoms with Crippen molar-refractivity contribution in [3.05, 3.63) is 113 Å². The van der Waals surface area contributed by atoms with Gasteiger partial charge in [-0.1, -0.05) is 56.3 Å². The summed E-state index contributed by atoms with van der Waals surface area (Å²) in [5.74, 6) is -1.03. The van der Waals surface area contributed by atoms with Crippen molar-refractivity contribution in [2.75, 3.05) is 33.5 Å². The number of hydrogen-bond donors (Lipinski definition) is 1. The Balaban J connectivity index is 1.53. The molecule has 0 saturated heterocycles. The van der Waals surface area contributed by atoms with Gasteiger partial charge in [-0.15, -0.1) is 0 Å². The second kappa shape index (κ2) is 14.8. The van der Waals surface area contributed by atoms with Crippen molar-refractivity contribution in [2.45, 2.75) is 51.7 Å². The average Bonchev–Trinajstić information content (AvgIpc) is 3.38. The van der Waals surface area contributed by atoms with E-state index in [0.29, 0.717) is 36.2 Å². The van der Waals surface area contributed by atoms with Crippen molar-refractivity contribution in [1.82, 2.24) is 20.0 Å². The fourth-order valence-corrected chi connectivity index (χ4v) is 5.91. The highest BCUT2D eigenvalue weighted by Gasteiger charge is 2.49. The monoisotopic (exact) mass is 632 g/mol. The molecule has 0 bridgehead atoms. The van der Waals surface area contributed by atoms with Crippen molar-refractivity contribution < 1.29 is 27.8 Å². The number of halogens is 2. The standard InChI is InChI=1S/C36H42F2N4O4/c1-5-45-36(44)35-31(43)21-32-41(23-39-18-17-27-11-8-9-19-40(27)4)34(25-13-15-28(16-14-25)46-22-24(2)3)33(38)30(42(32)35)20-26-10-6-7-12-29(26)37/h6-16,19,21,24,27,34-35,39H,5,17-18,20,22-23H2,1-4H3. The molecule has 5 rings (SSSR count). The number of ether oxygens (including phenoxy) is 2. The van der Waals surface area contributed by atoms with E-state index in [-0.39, 0.29) is 37.0 Å². The van der Waals surface area contributed by atoms with E-state index in [1.807, 2.05) is 25.4 Å². The normalized spacial score (nSPS) is 20.8. The van der Waals surface area contributed by atoms with Gasteiger partial charge in [0.05, 0.1) is 25.6 Å². The summed E-state index contributed by atoms with van der Waals surface area (Å²) in [6, 6.07) is 11.2. The van der Waals surface area contributed by atoms with Crippen molar-refractivity contribution in [1.29, 1.82) is 0 Å². The zero-order chi connectivity index (χ0) is 32.8. The highest BCUT2D eigenvalue weighted by molar-refractivity contribution is 6.11. The number of rotatable bonds is 13. The van der Waals surface area contributed by atoms with E-state index in [4.69, 9.17) is 9.47 Å². The number of likely N-dealkylation sites (N-methyl/N-ethyl adjacent to an activating group) is 1. The zero-order valence-electron chi connectivity index (χ0n) is 26.8. The third-order valence-corrected chi connectivity index (χ3v) is 8.25. The van der Waals surface area contributed by atoms with Crippen molar-refractivity contribution >= 4 is 11.8 Å². The number of hydrogen-bond acceptors (Lipinski definition) is 8. The molecule has 3 heterocycles. The molecule has 2 aromatic carbocycles. The van der Waals surface area contributed by atoms with Crippen LogP contribution in [0.1, 0.15) is 44.4 Å². The van der Waals surface area contributed by atoms with Crippen LogP contribution in [0.25, 0.3) is 0 Å². The summed E-state index contributed by atoms with van der Waals surface area (Å²) in [6.45, 7) is 7.15. The van der Waals surface area contributed by atoms with Crippen LogP contribution >= 0.6 is 0 Å². The average molecular weight is 633 g/mol. The number of carbonyl (C=O) groups excluding carboxylic acids is 2. The van der Waals surface area contributed by atoms with Crippen LogP contribution in [0.15, 0.2) is 96.4 Å². The third kappa shape index (κ3) is 7.17. The van der Waals surface area contributed by atoms with Crippen LogP contribution in [0.4, 0.5) is 8.78 Å². The fraction of sp³-hybridized carbons (Fsp3) is 0.389. The van der Waals surface area contributed by atoms with Crippen LogP contribution in [0.2, 0.25) is 0 Å². The molecule has 10 heteroatoms.